The molecule has 15 heavy (non-hydrogen) atoms. The Balaban J connectivity index is 2.47. The third-order valence-corrected chi connectivity index (χ3v) is 2.95. The molecule has 1 N–H and O–H groups in total. The molecule has 0 spiro atoms. The number of fused-ring (bicyclic) bond motifs is 1. The molecular weight excluding hydrogens is 212 g/mol. The van der Waals surface area contributed by atoms with Gasteiger partial charge in [-0.25, -0.2) is 13.4 Å². The van der Waals surface area contributed by atoms with Crippen LogP contribution in [0.3, 0.4) is 0 Å². The van der Waals surface area contributed by atoms with Gasteiger partial charge in [-0.05, 0) is 24.6 Å². The van der Waals surface area contributed by atoms with Crippen LogP contribution < -0.4 is 0 Å². The predicted molar refractivity (Wildman–Crippen MR) is 59.4 cm³/mol. The number of hydrogen-bond donors (Lipinski definition) is 1. The van der Waals surface area contributed by atoms with Crippen LogP contribution in [0.1, 0.15) is 11.4 Å². The van der Waals surface area contributed by atoms with Crippen molar-refractivity contribution in [3.63, 3.8) is 0 Å². The molecule has 2 aromatic rings. The Hall–Kier alpha value is -1.36. The number of H-pyrrole nitrogens is 1. The molecule has 1 heterocycles. The number of hydrogen-bond acceptors (Lipinski definition) is 3. The van der Waals surface area contributed by atoms with Crippen molar-refractivity contribution in [1.29, 1.82) is 0 Å². The predicted octanol–water partition coefficient (Wildman–Crippen LogP) is 1.42. The number of nitrogens with one attached hydrogen (secondary N) is 1. The summed E-state index contributed by atoms with van der Waals surface area (Å²) in [7, 11) is -2.97. The molecule has 0 aliphatic rings. The normalized spacial score (nSPS) is 12.1. The first-order chi connectivity index (χ1) is 6.94. The molecule has 0 fully saturated rings. The van der Waals surface area contributed by atoms with E-state index >= 15 is 0 Å². The van der Waals surface area contributed by atoms with Crippen LogP contribution in [0.15, 0.2) is 18.2 Å². The van der Waals surface area contributed by atoms with E-state index in [1.807, 2.05) is 19.1 Å². The van der Waals surface area contributed by atoms with E-state index in [4.69, 9.17) is 0 Å². The quantitative estimate of drug-likeness (QED) is 0.839. The Bertz CT molecular complexity index is 599. The van der Waals surface area contributed by atoms with Crippen LogP contribution in [-0.4, -0.2) is 24.6 Å². The van der Waals surface area contributed by atoms with Crippen molar-refractivity contribution >= 4 is 20.9 Å². The summed E-state index contributed by atoms with van der Waals surface area (Å²) in [6, 6.07) is 5.46. The molecule has 4 nitrogen and oxygen atoms in total. The number of aromatic amines is 1. The van der Waals surface area contributed by atoms with Gasteiger partial charge in [0.15, 0.2) is 9.84 Å². The minimum Gasteiger partial charge on any atom is -0.342 e. The number of imidazole rings is 1. The Morgan fingerprint density at radius 2 is 2.13 bits per heavy atom. The first kappa shape index (κ1) is 10.2. The zero-order valence-electron chi connectivity index (χ0n) is 8.61. The largest absolute Gasteiger partial charge is 0.342 e. The van der Waals surface area contributed by atoms with Gasteiger partial charge < -0.3 is 4.98 Å². The van der Waals surface area contributed by atoms with Crippen LogP contribution in [0.25, 0.3) is 11.0 Å². The first-order valence-corrected chi connectivity index (χ1v) is 6.63. The molecule has 1 aromatic heterocycles. The van der Waals surface area contributed by atoms with Gasteiger partial charge in [-0.1, -0.05) is 6.07 Å². The molecule has 1 aromatic carbocycles. The van der Waals surface area contributed by atoms with Crippen LogP contribution >= 0.6 is 0 Å². The van der Waals surface area contributed by atoms with Crippen molar-refractivity contribution in [3.8, 4) is 0 Å². The summed E-state index contributed by atoms with van der Waals surface area (Å²) in [6.07, 6.45) is 1.23. The highest BCUT2D eigenvalue weighted by Crippen LogP contribution is 2.15. The number of sulfone groups is 1. The molecule has 0 aliphatic carbocycles. The molecule has 5 heteroatoms. The van der Waals surface area contributed by atoms with Crippen molar-refractivity contribution in [2.75, 3.05) is 6.26 Å². The molecule has 0 unspecified atom stereocenters. The van der Waals surface area contributed by atoms with Crippen LogP contribution in [-0.2, 0) is 15.6 Å². The van der Waals surface area contributed by atoms with E-state index in [-0.39, 0.29) is 5.75 Å². The summed E-state index contributed by atoms with van der Waals surface area (Å²) in [6.45, 7) is 1.87. The van der Waals surface area contributed by atoms with Gasteiger partial charge in [-0.15, -0.1) is 0 Å². The highest BCUT2D eigenvalue weighted by molar-refractivity contribution is 7.89. The van der Waals surface area contributed by atoms with Gasteiger partial charge in [0.1, 0.15) is 5.82 Å². The van der Waals surface area contributed by atoms with Crippen molar-refractivity contribution in [2.24, 2.45) is 0 Å². The second-order valence-corrected chi connectivity index (χ2v) is 5.88. The highest BCUT2D eigenvalue weighted by Gasteiger charge is 2.06. The number of rotatable bonds is 2. The molecule has 0 amide bonds. The fourth-order valence-corrected chi connectivity index (χ4v) is 2.36. The average molecular weight is 224 g/mol. The lowest BCUT2D eigenvalue weighted by Crippen LogP contribution is -2.00. The van der Waals surface area contributed by atoms with Gasteiger partial charge >= 0.3 is 0 Å². The van der Waals surface area contributed by atoms with Crippen LogP contribution in [0.2, 0.25) is 0 Å². The fourth-order valence-electron chi connectivity index (χ4n) is 1.58. The number of nitrogens with zero attached hydrogens (tertiary/aromatic N) is 1. The average Bonchev–Trinajstić information content (AvgIpc) is 2.40. The number of benzene rings is 1. The molecule has 0 radical (unpaired) electrons. The first-order valence-electron chi connectivity index (χ1n) is 4.57. The Morgan fingerprint density at radius 3 is 2.80 bits per heavy atom. The van der Waals surface area contributed by atoms with Crippen LogP contribution in [0, 0.1) is 6.92 Å². The minimum absolute atomic E-state index is 0.0704. The van der Waals surface area contributed by atoms with Crippen molar-refractivity contribution < 1.29 is 8.42 Å². The van der Waals surface area contributed by atoms with Gasteiger partial charge in [0.05, 0.1) is 16.8 Å². The van der Waals surface area contributed by atoms with Crippen molar-refractivity contribution in [2.45, 2.75) is 12.7 Å². The SMILES string of the molecule is Cc1nc2ccc(CS(C)(=O)=O)cc2[nH]1. The van der Waals surface area contributed by atoms with Crippen LogP contribution in [0.5, 0.6) is 0 Å². The van der Waals surface area contributed by atoms with E-state index in [0.717, 1.165) is 22.4 Å². The van der Waals surface area contributed by atoms with E-state index in [0.29, 0.717) is 0 Å². The third-order valence-electron chi connectivity index (χ3n) is 2.09. The number of aryl methyl sites for hydroxylation is 1. The van der Waals surface area contributed by atoms with E-state index in [1.165, 1.54) is 6.26 Å². The summed E-state index contributed by atoms with van der Waals surface area (Å²) in [5.74, 6) is 0.905. The summed E-state index contributed by atoms with van der Waals surface area (Å²) < 4.78 is 22.2. The zero-order valence-corrected chi connectivity index (χ0v) is 9.43. The molecular formula is C10H12N2O2S. The Labute approximate surface area is 88.3 Å². The zero-order chi connectivity index (χ0) is 11.1. The second kappa shape index (κ2) is 3.34. The molecule has 80 valence electrons. The number of aromatic nitrogens is 2. The monoisotopic (exact) mass is 224 g/mol. The summed E-state index contributed by atoms with van der Waals surface area (Å²) in [5, 5.41) is 0. The van der Waals surface area contributed by atoms with E-state index in [9.17, 15) is 8.42 Å². The van der Waals surface area contributed by atoms with E-state index in [2.05, 4.69) is 9.97 Å². The molecule has 0 saturated carbocycles. The van der Waals surface area contributed by atoms with E-state index in [1.54, 1.807) is 6.07 Å². The molecule has 0 aliphatic heterocycles. The Morgan fingerprint density at radius 1 is 1.40 bits per heavy atom. The van der Waals surface area contributed by atoms with Gasteiger partial charge in [-0.3, -0.25) is 0 Å². The lowest BCUT2D eigenvalue weighted by atomic mass is 10.2. The topological polar surface area (TPSA) is 62.8 Å². The smallest absolute Gasteiger partial charge is 0.151 e. The lowest BCUT2D eigenvalue weighted by molar-refractivity contribution is 0.601. The molecule has 0 bridgehead atoms. The molecule has 0 saturated heterocycles. The summed E-state index contributed by atoms with van der Waals surface area (Å²) >= 11 is 0. The van der Waals surface area contributed by atoms with Gasteiger partial charge in [0.2, 0.25) is 0 Å². The maximum absolute atomic E-state index is 11.1. The molecule has 0 atom stereocenters. The maximum atomic E-state index is 11.1. The summed E-state index contributed by atoms with van der Waals surface area (Å²) in [4.78, 5) is 7.32. The lowest BCUT2D eigenvalue weighted by Gasteiger charge is -1.98. The minimum atomic E-state index is -2.97. The van der Waals surface area contributed by atoms with Gasteiger partial charge in [0.25, 0.3) is 0 Å². The Kier molecular flexibility index (Phi) is 2.26. The standard InChI is InChI=1S/C10H12N2O2S/c1-7-11-9-4-3-8(5-10(9)12-7)6-15(2,13)14/h3-5H,6H2,1-2H3,(H,11,12). The summed E-state index contributed by atoms with van der Waals surface area (Å²) in [5.41, 5.74) is 2.53. The van der Waals surface area contributed by atoms with Crippen molar-refractivity contribution in [3.05, 3.63) is 29.6 Å². The fraction of sp³-hybridized carbons (Fsp3) is 0.300. The van der Waals surface area contributed by atoms with Crippen molar-refractivity contribution in [1.82, 2.24) is 9.97 Å². The van der Waals surface area contributed by atoms with Gasteiger partial charge in [-0.2, -0.15) is 0 Å². The van der Waals surface area contributed by atoms with Crippen LogP contribution in [0.4, 0.5) is 0 Å². The molecule has 2 rings (SSSR count). The second-order valence-electron chi connectivity index (χ2n) is 3.74. The van der Waals surface area contributed by atoms with Gasteiger partial charge in [0, 0.05) is 6.26 Å². The highest BCUT2D eigenvalue weighted by atomic mass is 32.2. The van der Waals surface area contributed by atoms with E-state index < -0.39 is 9.84 Å². The maximum Gasteiger partial charge on any atom is 0.151 e. The third kappa shape index (κ3) is 2.36.